The molecular formula is C25H33N. The minimum atomic E-state index is 0.234. The van der Waals surface area contributed by atoms with Gasteiger partial charge in [0.2, 0.25) is 0 Å². The highest BCUT2D eigenvalue weighted by Crippen LogP contribution is 2.49. The van der Waals surface area contributed by atoms with Crippen molar-refractivity contribution in [1.29, 1.82) is 0 Å². The average molecular weight is 348 g/mol. The van der Waals surface area contributed by atoms with Crippen molar-refractivity contribution in [2.45, 2.75) is 76.7 Å². The zero-order valence-corrected chi connectivity index (χ0v) is 16.6. The predicted molar refractivity (Wildman–Crippen MR) is 111 cm³/mol. The van der Waals surface area contributed by atoms with Crippen molar-refractivity contribution < 1.29 is 0 Å². The van der Waals surface area contributed by atoms with Crippen LogP contribution in [-0.4, -0.2) is 6.54 Å². The lowest BCUT2D eigenvalue weighted by atomic mass is 9.87. The van der Waals surface area contributed by atoms with Gasteiger partial charge in [-0.1, -0.05) is 63.2 Å². The van der Waals surface area contributed by atoms with Crippen molar-refractivity contribution in [3.05, 3.63) is 70.3 Å². The Balaban J connectivity index is 1.29. The fourth-order valence-electron chi connectivity index (χ4n) is 3.88. The fourth-order valence-corrected chi connectivity index (χ4v) is 3.88. The molecule has 2 aliphatic rings. The fraction of sp³-hybridized carbons (Fsp3) is 0.520. The Bertz CT molecular complexity index is 743. The standard InChI is InChI=1S/C25H33N/c1-25(2,3)22-11-4-19(5-12-22)17-26-15-14-18-6-13-23(20-7-8-20)24(16-18)21-9-10-21/h4-6,11-13,16,20-21,26H,7-10,14-15,17H2,1-3H3. The van der Waals surface area contributed by atoms with Gasteiger partial charge in [-0.05, 0) is 83.7 Å². The van der Waals surface area contributed by atoms with E-state index in [1.54, 1.807) is 11.1 Å². The van der Waals surface area contributed by atoms with Crippen LogP contribution in [-0.2, 0) is 18.4 Å². The van der Waals surface area contributed by atoms with Gasteiger partial charge < -0.3 is 5.32 Å². The maximum Gasteiger partial charge on any atom is 0.0205 e. The van der Waals surface area contributed by atoms with Crippen LogP contribution in [0.2, 0.25) is 0 Å². The predicted octanol–water partition coefficient (Wildman–Crippen LogP) is 6.07. The first-order valence-corrected chi connectivity index (χ1v) is 10.4. The van der Waals surface area contributed by atoms with Gasteiger partial charge >= 0.3 is 0 Å². The summed E-state index contributed by atoms with van der Waals surface area (Å²) in [4.78, 5) is 0. The zero-order chi connectivity index (χ0) is 18.1. The van der Waals surface area contributed by atoms with E-state index in [1.165, 1.54) is 42.4 Å². The van der Waals surface area contributed by atoms with Crippen molar-refractivity contribution in [3.63, 3.8) is 0 Å². The minimum absolute atomic E-state index is 0.234. The quantitative estimate of drug-likeness (QED) is 0.599. The molecule has 4 rings (SSSR count). The summed E-state index contributed by atoms with van der Waals surface area (Å²) in [5.41, 5.74) is 7.88. The zero-order valence-electron chi connectivity index (χ0n) is 16.6. The van der Waals surface area contributed by atoms with Crippen LogP contribution < -0.4 is 5.32 Å². The molecule has 1 heteroatoms. The summed E-state index contributed by atoms with van der Waals surface area (Å²) >= 11 is 0. The van der Waals surface area contributed by atoms with Crippen LogP contribution in [0.25, 0.3) is 0 Å². The Hall–Kier alpha value is -1.60. The lowest BCUT2D eigenvalue weighted by Gasteiger charge is -2.19. The summed E-state index contributed by atoms with van der Waals surface area (Å²) in [5, 5.41) is 3.62. The van der Waals surface area contributed by atoms with E-state index in [-0.39, 0.29) is 5.41 Å². The number of rotatable bonds is 7. The van der Waals surface area contributed by atoms with Crippen molar-refractivity contribution >= 4 is 0 Å². The molecule has 0 amide bonds. The molecule has 2 saturated carbocycles. The number of hydrogen-bond donors (Lipinski definition) is 1. The summed E-state index contributed by atoms with van der Waals surface area (Å²) in [7, 11) is 0. The monoisotopic (exact) mass is 347 g/mol. The molecular weight excluding hydrogens is 314 g/mol. The third kappa shape index (κ3) is 4.38. The highest BCUT2D eigenvalue weighted by molar-refractivity contribution is 5.41. The average Bonchev–Trinajstić information content (AvgIpc) is 3.50. The molecule has 2 aromatic rings. The second-order valence-electron chi connectivity index (χ2n) is 9.39. The van der Waals surface area contributed by atoms with Crippen LogP contribution in [0, 0.1) is 0 Å². The van der Waals surface area contributed by atoms with Crippen LogP contribution in [0.5, 0.6) is 0 Å². The molecule has 0 atom stereocenters. The van der Waals surface area contributed by atoms with E-state index < -0.39 is 0 Å². The molecule has 0 saturated heterocycles. The summed E-state index contributed by atoms with van der Waals surface area (Å²) in [6.45, 7) is 8.81. The Morgan fingerprint density at radius 2 is 1.42 bits per heavy atom. The minimum Gasteiger partial charge on any atom is -0.312 e. The molecule has 0 unspecified atom stereocenters. The highest BCUT2D eigenvalue weighted by Gasteiger charge is 2.32. The summed E-state index contributed by atoms with van der Waals surface area (Å²) in [6.07, 6.45) is 6.77. The first-order valence-electron chi connectivity index (χ1n) is 10.4. The molecule has 2 aliphatic carbocycles. The van der Waals surface area contributed by atoms with Gasteiger partial charge in [-0.15, -0.1) is 0 Å². The summed E-state index contributed by atoms with van der Waals surface area (Å²) in [5.74, 6) is 1.76. The Kier molecular flexibility index (Phi) is 4.92. The highest BCUT2D eigenvalue weighted by atomic mass is 14.8. The first-order chi connectivity index (χ1) is 12.5. The van der Waals surface area contributed by atoms with Crippen molar-refractivity contribution in [2.75, 3.05) is 6.54 Å². The Morgan fingerprint density at radius 1 is 0.808 bits per heavy atom. The van der Waals surface area contributed by atoms with Gasteiger partial charge in [0, 0.05) is 6.54 Å². The maximum absolute atomic E-state index is 3.62. The molecule has 2 aromatic carbocycles. The Morgan fingerprint density at radius 3 is 2.04 bits per heavy atom. The van der Waals surface area contributed by atoms with E-state index in [4.69, 9.17) is 0 Å². The second kappa shape index (κ2) is 7.19. The van der Waals surface area contributed by atoms with Gasteiger partial charge in [0.1, 0.15) is 0 Å². The largest absolute Gasteiger partial charge is 0.312 e. The van der Waals surface area contributed by atoms with E-state index in [1.807, 2.05) is 0 Å². The molecule has 26 heavy (non-hydrogen) atoms. The van der Waals surface area contributed by atoms with Crippen LogP contribution in [0.3, 0.4) is 0 Å². The molecule has 1 N–H and O–H groups in total. The van der Waals surface area contributed by atoms with Gasteiger partial charge in [0.25, 0.3) is 0 Å². The molecule has 0 aliphatic heterocycles. The third-order valence-corrected chi connectivity index (χ3v) is 5.93. The van der Waals surface area contributed by atoms with Crippen LogP contribution in [0.1, 0.15) is 86.1 Å². The van der Waals surface area contributed by atoms with Crippen molar-refractivity contribution in [3.8, 4) is 0 Å². The smallest absolute Gasteiger partial charge is 0.0205 e. The van der Waals surface area contributed by atoms with Gasteiger partial charge in [-0.3, -0.25) is 0 Å². The van der Waals surface area contributed by atoms with Crippen molar-refractivity contribution in [1.82, 2.24) is 5.32 Å². The number of nitrogens with one attached hydrogen (secondary N) is 1. The van der Waals surface area contributed by atoms with E-state index in [0.717, 1.165) is 31.3 Å². The molecule has 1 nitrogen and oxygen atoms in total. The normalized spacial score (nSPS) is 17.5. The molecule has 0 spiro atoms. The summed E-state index contributed by atoms with van der Waals surface area (Å²) in [6, 6.07) is 16.4. The van der Waals surface area contributed by atoms with E-state index in [9.17, 15) is 0 Å². The van der Waals surface area contributed by atoms with Crippen molar-refractivity contribution in [2.24, 2.45) is 0 Å². The lowest BCUT2D eigenvalue weighted by molar-refractivity contribution is 0.589. The van der Waals surface area contributed by atoms with Crippen LogP contribution in [0.4, 0.5) is 0 Å². The first kappa shape index (κ1) is 17.8. The number of benzene rings is 2. The second-order valence-corrected chi connectivity index (χ2v) is 9.39. The topological polar surface area (TPSA) is 12.0 Å². The molecule has 0 radical (unpaired) electrons. The molecule has 0 heterocycles. The van der Waals surface area contributed by atoms with Gasteiger partial charge in [0.15, 0.2) is 0 Å². The lowest BCUT2D eigenvalue weighted by Crippen LogP contribution is -2.17. The van der Waals surface area contributed by atoms with Gasteiger partial charge in [-0.25, -0.2) is 0 Å². The molecule has 0 aromatic heterocycles. The van der Waals surface area contributed by atoms with E-state index in [2.05, 4.69) is 68.6 Å². The van der Waals surface area contributed by atoms with Gasteiger partial charge in [-0.2, -0.15) is 0 Å². The maximum atomic E-state index is 3.62. The third-order valence-electron chi connectivity index (χ3n) is 5.93. The van der Waals surface area contributed by atoms with E-state index >= 15 is 0 Å². The van der Waals surface area contributed by atoms with Crippen LogP contribution >= 0.6 is 0 Å². The molecule has 0 bridgehead atoms. The van der Waals surface area contributed by atoms with E-state index in [0.29, 0.717) is 0 Å². The summed E-state index contributed by atoms with van der Waals surface area (Å²) < 4.78 is 0. The SMILES string of the molecule is CC(C)(C)c1ccc(CNCCc2ccc(C3CC3)c(C3CC3)c2)cc1. The molecule has 2 fully saturated rings. The van der Waals surface area contributed by atoms with Crippen LogP contribution in [0.15, 0.2) is 42.5 Å². The molecule has 138 valence electrons. The number of hydrogen-bond acceptors (Lipinski definition) is 1. The Labute approximate surface area is 159 Å². The van der Waals surface area contributed by atoms with Gasteiger partial charge in [0.05, 0.1) is 0 Å².